The number of benzene rings is 1. The quantitative estimate of drug-likeness (QED) is 0.766. The van der Waals surface area contributed by atoms with Gasteiger partial charge in [0.25, 0.3) is 0 Å². The summed E-state index contributed by atoms with van der Waals surface area (Å²) in [5.74, 6) is -0.145. The Morgan fingerprint density at radius 3 is 2.93 bits per heavy atom. The van der Waals surface area contributed by atoms with Crippen molar-refractivity contribution < 1.29 is 8.42 Å². The summed E-state index contributed by atoms with van der Waals surface area (Å²) >= 11 is 1.28. The minimum atomic E-state index is -3.50. The first-order chi connectivity index (χ1) is 6.56. The van der Waals surface area contributed by atoms with Gasteiger partial charge in [-0.3, -0.25) is 0 Å². The average Bonchev–Trinajstić information content (AvgIpc) is 2.49. The fourth-order valence-corrected chi connectivity index (χ4v) is 3.06. The molecule has 2 aromatic rings. The molecule has 0 aliphatic heterocycles. The topological polar surface area (TPSA) is 47.0 Å². The SMILES string of the molecule is O=S(=O)(Cl)Cc1cccc2cnsc12. The van der Waals surface area contributed by atoms with E-state index in [0.717, 1.165) is 10.1 Å². The van der Waals surface area contributed by atoms with Crippen LogP contribution in [0.3, 0.4) is 0 Å². The molecule has 14 heavy (non-hydrogen) atoms. The predicted octanol–water partition coefficient (Wildman–Crippen LogP) is 2.36. The van der Waals surface area contributed by atoms with Crippen molar-refractivity contribution in [3.63, 3.8) is 0 Å². The first-order valence-electron chi connectivity index (χ1n) is 3.81. The number of hydrogen-bond donors (Lipinski definition) is 0. The van der Waals surface area contributed by atoms with Crippen molar-refractivity contribution in [1.82, 2.24) is 4.37 Å². The first kappa shape index (κ1) is 9.89. The smallest absolute Gasteiger partial charge is 0.212 e. The lowest BCUT2D eigenvalue weighted by Gasteiger charge is -1.98. The van der Waals surface area contributed by atoms with Crippen LogP contribution in [0.5, 0.6) is 0 Å². The summed E-state index contributed by atoms with van der Waals surface area (Å²) in [5.41, 5.74) is 0.708. The van der Waals surface area contributed by atoms with E-state index in [1.54, 1.807) is 18.3 Å². The summed E-state index contributed by atoms with van der Waals surface area (Å²) < 4.78 is 26.7. The van der Waals surface area contributed by atoms with Crippen LogP contribution in [0.1, 0.15) is 5.56 Å². The molecule has 6 heteroatoms. The molecule has 1 aromatic carbocycles. The summed E-state index contributed by atoms with van der Waals surface area (Å²) in [4.78, 5) is 0. The fraction of sp³-hybridized carbons (Fsp3) is 0.125. The van der Waals surface area contributed by atoms with Crippen LogP contribution in [-0.2, 0) is 14.8 Å². The molecule has 0 radical (unpaired) electrons. The standard InChI is InChI=1S/C8H6ClNO2S2/c9-14(11,12)5-7-3-1-2-6-4-10-13-8(6)7/h1-4H,5H2. The van der Waals surface area contributed by atoms with Gasteiger partial charge >= 0.3 is 0 Å². The maximum Gasteiger partial charge on any atom is 0.236 e. The highest BCUT2D eigenvalue weighted by atomic mass is 35.7. The summed E-state index contributed by atoms with van der Waals surface area (Å²) in [6, 6.07) is 5.44. The Bertz CT molecular complexity index is 561. The van der Waals surface area contributed by atoms with Crippen LogP contribution in [0.2, 0.25) is 0 Å². The molecule has 0 bridgehead atoms. The van der Waals surface area contributed by atoms with Gasteiger partial charge in [0, 0.05) is 22.3 Å². The third-order valence-electron chi connectivity index (χ3n) is 1.79. The molecule has 0 aliphatic carbocycles. The Morgan fingerprint density at radius 1 is 1.43 bits per heavy atom. The molecule has 1 aromatic heterocycles. The van der Waals surface area contributed by atoms with Crippen LogP contribution >= 0.6 is 22.2 Å². The minimum absolute atomic E-state index is 0.145. The summed E-state index contributed by atoms with van der Waals surface area (Å²) in [5, 5.41) is 0.952. The van der Waals surface area contributed by atoms with Crippen LogP contribution in [0.4, 0.5) is 0 Å². The second kappa shape index (κ2) is 3.49. The number of halogens is 1. The van der Waals surface area contributed by atoms with E-state index in [0.29, 0.717) is 5.56 Å². The van der Waals surface area contributed by atoms with Crippen molar-refractivity contribution in [3.05, 3.63) is 30.0 Å². The Morgan fingerprint density at radius 2 is 2.21 bits per heavy atom. The Labute approximate surface area is 89.9 Å². The number of hydrogen-bond acceptors (Lipinski definition) is 4. The maximum absolute atomic E-state index is 10.9. The monoisotopic (exact) mass is 247 g/mol. The lowest BCUT2D eigenvalue weighted by atomic mass is 10.2. The number of fused-ring (bicyclic) bond motifs is 1. The lowest BCUT2D eigenvalue weighted by molar-refractivity contribution is 0.609. The molecule has 0 aliphatic rings. The molecule has 74 valence electrons. The van der Waals surface area contributed by atoms with Crippen molar-refractivity contribution in [2.45, 2.75) is 5.75 Å². The van der Waals surface area contributed by atoms with Gasteiger partial charge in [-0.1, -0.05) is 18.2 Å². The average molecular weight is 248 g/mol. The number of aromatic nitrogens is 1. The van der Waals surface area contributed by atoms with Gasteiger partial charge in [-0.2, -0.15) is 4.37 Å². The highest BCUT2D eigenvalue weighted by molar-refractivity contribution is 8.13. The van der Waals surface area contributed by atoms with Gasteiger partial charge in [-0.15, -0.1) is 0 Å². The fourth-order valence-electron chi connectivity index (χ4n) is 1.25. The molecular formula is C8H6ClNO2S2. The molecule has 1 heterocycles. The van der Waals surface area contributed by atoms with E-state index in [1.165, 1.54) is 11.5 Å². The van der Waals surface area contributed by atoms with E-state index in [-0.39, 0.29) is 5.75 Å². The van der Waals surface area contributed by atoms with E-state index < -0.39 is 9.05 Å². The van der Waals surface area contributed by atoms with Crippen molar-refractivity contribution in [2.75, 3.05) is 0 Å². The van der Waals surface area contributed by atoms with E-state index >= 15 is 0 Å². The van der Waals surface area contributed by atoms with E-state index in [9.17, 15) is 8.42 Å². The largest absolute Gasteiger partial charge is 0.236 e. The van der Waals surface area contributed by atoms with Crippen molar-refractivity contribution in [1.29, 1.82) is 0 Å². The molecule has 0 amide bonds. The van der Waals surface area contributed by atoms with Gasteiger partial charge in [0.15, 0.2) is 0 Å². The second-order valence-corrected chi connectivity index (χ2v) is 6.42. The molecule has 2 rings (SSSR count). The van der Waals surface area contributed by atoms with Crippen LogP contribution in [-0.4, -0.2) is 12.8 Å². The molecule has 0 saturated carbocycles. The summed E-state index contributed by atoms with van der Waals surface area (Å²) in [6.45, 7) is 0. The Kier molecular flexibility index (Phi) is 2.47. The number of nitrogens with zero attached hydrogens (tertiary/aromatic N) is 1. The van der Waals surface area contributed by atoms with Crippen molar-refractivity contribution in [2.24, 2.45) is 0 Å². The van der Waals surface area contributed by atoms with Gasteiger partial charge in [-0.25, -0.2) is 8.42 Å². The summed E-state index contributed by atoms with van der Waals surface area (Å²) in [7, 11) is 1.70. The lowest BCUT2D eigenvalue weighted by Crippen LogP contribution is -1.94. The van der Waals surface area contributed by atoms with Gasteiger partial charge in [0.05, 0.1) is 10.5 Å². The normalized spacial score (nSPS) is 12.1. The van der Waals surface area contributed by atoms with Gasteiger partial charge in [0.1, 0.15) is 0 Å². The van der Waals surface area contributed by atoms with Gasteiger partial charge in [0.2, 0.25) is 9.05 Å². The third-order valence-corrected chi connectivity index (χ3v) is 3.67. The van der Waals surface area contributed by atoms with Gasteiger partial charge < -0.3 is 0 Å². The number of rotatable bonds is 2. The van der Waals surface area contributed by atoms with E-state index in [1.807, 2.05) is 6.07 Å². The zero-order valence-corrected chi connectivity index (χ0v) is 9.36. The van der Waals surface area contributed by atoms with Crippen LogP contribution in [0, 0.1) is 0 Å². The first-order valence-corrected chi connectivity index (χ1v) is 7.06. The van der Waals surface area contributed by atoms with Crippen LogP contribution in [0.15, 0.2) is 24.4 Å². The zero-order valence-electron chi connectivity index (χ0n) is 6.97. The predicted molar refractivity (Wildman–Crippen MR) is 58.1 cm³/mol. The zero-order chi connectivity index (χ0) is 10.2. The highest BCUT2D eigenvalue weighted by Crippen LogP contribution is 2.24. The molecule has 0 spiro atoms. The van der Waals surface area contributed by atoms with Gasteiger partial charge in [-0.05, 0) is 17.1 Å². The Balaban J connectivity index is 2.57. The Hall–Kier alpha value is -0.650. The molecule has 0 N–H and O–H groups in total. The maximum atomic E-state index is 10.9. The minimum Gasteiger partial charge on any atom is -0.212 e. The summed E-state index contributed by atoms with van der Waals surface area (Å²) in [6.07, 6.45) is 1.71. The van der Waals surface area contributed by atoms with Crippen molar-refractivity contribution in [3.8, 4) is 0 Å². The van der Waals surface area contributed by atoms with E-state index in [2.05, 4.69) is 4.37 Å². The molecule has 0 unspecified atom stereocenters. The molecular weight excluding hydrogens is 242 g/mol. The molecule has 0 saturated heterocycles. The molecule has 3 nitrogen and oxygen atoms in total. The van der Waals surface area contributed by atoms with Crippen molar-refractivity contribution >= 4 is 41.4 Å². The van der Waals surface area contributed by atoms with Crippen LogP contribution < -0.4 is 0 Å². The van der Waals surface area contributed by atoms with Crippen LogP contribution in [0.25, 0.3) is 10.1 Å². The molecule has 0 atom stereocenters. The molecule has 0 fully saturated rings. The van der Waals surface area contributed by atoms with E-state index in [4.69, 9.17) is 10.7 Å². The third kappa shape index (κ3) is 2.05. The second-order valence-electron chi connectivity index (χ2n) is 2.84. The highest BCUT2D eigenvalue weighted by Gasteiger charge is 2.10.